The molecule has 1 aromatic rings. The van der Waals surface area contributed by atoms with Gasteiger partial charge in [-0.05, 0) is 44.4 Å². The Bertz CT molecular complexity index is 589. The molecule has 2 N–H and O–H groups in total. The van der Waals surface area contributed by atoms with Crippen LogP contribution in [0.5, 0.6) is 0 Å². The molecule has 1 spiro atoms. The zero-order chi connectivity index (χ0) is 15.1. The van der Waals surface area contributed by atoms with Crippen LogP contribution >= 0.6 is 27.7 Å². The smallest absolute Gasteiger partial charge is 0.155 e. The highest BCUT2D eigenvalue weighted by Crippen LogP contribution is 2.50. The molecule has 0 saturated carbocycles. The summed E-state index contributed by atoms with van der Waals surface area (Å²) in [7, 11) is 0. The van der Waals surface area contributed by atoms with Crippen LogP contribution in [0.1, 0.15) is 31.7 Å². The Labute approximate surface area is 136 Å². The maximum atomic E-state index is 14.3. The van der Waals surface area contributed by atoms with Crippen molar-refractivity contribution in [1.82, 2.24) is 0 Å². The fourth-order valence-electron chi connectivity index (χ4n) is 3.28. The zero-order valence-electron chi connectivity index (χ0n) is 11.9. The highest BCUT2D eigenvalue weighted by Gasteiger charge is 2.46. The number of hydrogen-bond donors (Lipinski definition) is 1. The van der Waals surface area contributed by atoms with Crippen LogP contribution in [0.15, 0.2) is 27.7 Å². The molecule has 1 saturated heterocycles. The summed E-state index contributed by atoms with van der Waals surface area (Å²) in [5, 5.41) is 0.546. The van der Waals surface area contributed by atoms with Crippen molar-refractivity contribution in [3.05, 3.63) is 34.1 Å². The van der Waals surface area contributed by atoms with Crippen LogP contribution in [0.2, 0.25) is 0 Å². The molecule has 2 heterocycles. The number of thioether (sulfide) groups is 1. The molecule has 114 valence electrons. The maximum Gasteiger partial charge on any atom is 0.155 e. The molecule has 6 heteroatoms. The van der Waals surface area contributed by atoms with E-state index in [1.54, 1.807) is 17.8 Å². The topological polar surface area (TPSA) is 47.6 Å². The number of ether oxygens (including phenoxy) is 1. The largest absolute Gasteiger partial charge is 0.381 e. The summed E-state index contributed by atoms with van der Waals surface area (Å²) in [6, 6.07) is 5.00. The van der Waals surface area contributed by atoms with Gasteiger partial charge in [0.1, 0.15) is 5.82 Å². The molecule has 3 rings (SSSR count). The number of nitrogens with two attached hydrogens (primary N) is 1. The second-order valence-electron chi connectivity index (χ2n) is 5.92. The molecular formula is C15H18BrFN2OS. The van der Waals surface area contributed by atoms with Gasteiger partial charge in [-0.15, -0.1) is 0 Å². The molecule has 2 aliphatic heterocycles. The van der Waals surface area contributed by atoms with Crippen molar-refractivity contribution < 1.29 is 9.13 Å². The Morgan fingerprint density at radius 3 is 2.81 bits per heavy atom. The van der Waals surface area contributed by atoms with Crippen LogP contribution in [-0.2, 0) is 10.3 Å². The summed E-state index contributed by atoms with van der Waals surface area (Å²) in [4.78, 5) is 4.59. The molecule has 1 fully saturated rings. The molecule has 1 atom stereocenters. The number of hydrogen-bond acceptors (Lipinski definition) is 4. The van der Waals surface area contributed by atoms with E-state index in [-0.39, 0.29) is 10.6 Å². The summed E-state index contributed by atoms with van der Waals surface area (Å²) in [6.45, 7) is 3.44. The fraction of sp³-hybridized carbons (Fsp3) is 0.533. The van der Waals surface area contributed by atoms with Gasteiger partial charge in [0, 0.05) is 28.0 Å². The van der Waals surface area contributed by atoms with Crippen molar-refractivity contribution in [3.8, 4) is 0 Å². The van der Waals surface area contributed by atoms with Gasteiger partial charge in [-0.2, -0.15) is 0 Å². The third kappa shape index (κ3) is 2.98. The number of nitrogens with zero attached hydrogens (tertiary/aromatic N) is 1. The van der Waals surface area contributed by atoms with E-state index in [1.165, 1.54) is 6.07 Å². The monoisotopic (exact) mass is 372 g/mol. The molecule has 21 heavy (non-hydrogen) atoms. The molecule has 1 aromatic carbocycles. The third-order valence-corrected chi connectivity index (χ3v) is 6.04. The van der Waals surface area contributed by atoms with E-state index in [2.05, 4.69) is 20.9 Å². The molecule has 0 amide bonds. The van der Waals surface area contributed by atoms with Gasteiger partial charge in [0.2, 0.25) is 0 Å². The van der Waals surface area contributed by atoms with Gasteiger partial charge < -0.3 is 10.5 Å². The predicted octanol–water partition coefficient (Wildman–Crippen LogP) is 3.80. The summed E-state index contributed by atoms with van der Waals surface area (Å²) >= 11 is 5.05. The molecule has 0 bridgehead atoms. The Morgan fingerprint density at radius 2 is 2.10 bits per heavy atom. The first-order valence-corrected chi connectivity index (χ1v) is 8.61. The highest BCUT2D eigenvalue weighted by atomic mass is 79.9. The van der Waals surface area contributed by atoms with Crippen molar-refractivity contribution in [2.45, 2.75) is 36.5 Å². The molecule has 1 unspecified atom stereocenters. The first-order valence-electron chi connectivity index (χ1n) is 7.00. The number of halogens is 2. The van der Waals surface area contributed by atoms with Gasteiger partial charge in [0.05, 0.1) is 5.54 Å². The highest BCUT2D eigenvalue weighted by molar-refractivity contribution is 9.10. The van der Waals surface area contributed by atoms with Crippen LogP contribution in [0, 0.1) is 5.82 Å². The predicted molar refractivity (Wildman–Crippen MR) is 88.1 cm³/mol. The Balaban J connectivity index is 2.03. The molecule has 0 radical (unpaired) electrons. The average Bonchev–Trinajstić information content (AvgIpc) is 2.41. The Morgan fingerprint density at radius 1 is 1.38 bits per heavy atom. The number of benzene rings is 1. The second-order valence-corrected chi connectivity index (χ2v) is 8.33. The van der Waals surface area contributed by atoms with Gasteiger partial charge in [-0.1, -0.05) is 27.7 Å². The average molecular weight is 373 g/mol. The van der Waals surface area contributed by atoms with E-state index in [1.807, 2.05) is 13.0 Å². The lowest BCUT2D eigenvalue weighted by atomic mass is 9.79. The van der Waals surface area contributed by atoms with Gasteiger partial charge >= 0.3 is 0 Å². The van der Waals surface area contributed by atoms with E-state index >= 15 is 0 Å². The van der Waals surface area contributed by atoms with Crippen LogP contribution in [0.3, 0.4) is 0 Å². The van der Waals surface area contributed by atoms with E-state index in [9.17, 15) is 4.39 Å². The normalized spacial score (nSPS) is 28.4. The number of amidine groups is 1. The van der Waals surface area contributed by atoms with Crippen LogP contribution in [0.4, 0.5) is 4.39 Å². The first-order chi connectivity index (χ1) is 9.92. The minimum absolute atomic E-state index is 0.00753. The van der Waals surface area contributed by atoms with Crippen LogP contribution in [-0.4, -0.2) is 23.1 Å². The Hall–Kier alpha value is -0.590. The summed E-state index contributed by atoms with van der Waals surface area (Å²) < 4.78 is 20.7. The van der Waals surface area contributed by atoms with Crippen LogP contribution in [0.25, 0.3) is 0 Å². The maximum absolute atomic E-state index is 14.3. The van der Waals surface area contributed by atoms with E-state index in [4.69, 9.17) is 10.5 Å². The molecule has 2 aliphatic rings. The van der Waals surface area contributed by atoms with Crippen molar-refractivity contribution in [1.29, 1.82) is 0 Å². The van der Waals surface area contributed by atoms with E-state index in [0.29, 0.717) is 10.7 Å². The van der Waals surface area contributed by atoms with Gasteiger partial charge in [0.15, 0.2) is 5.17 Å². The lowest BCUT2D eigenvalue weighted by Crippen LogP contribution is -2.45. The SMILES string of the molecule is CC1(c2cc(Br)ccc2F)CC2(CCOCC2)SC(N)=N1. The molecule has 0 aromatic heterocycles. The fourth-order valence-corrected chi connectivity index (χ4v) is 5.05. The summed E-state index contributed by atoms with van der Waals surface area (Å²) in [6.07, 6.45) is 2.64. The standard InChI is InChI=1S/C15H18BrFN2OS/c1-14(11-8-10(16)2-3-12(11)17)9-15(21-13(18)19-14)4-6-20-7-5-15/h2-3,8H,4-7,9H2,1H3,(H2,18,19). The third-order valence-electron chi connectivity index (χ3n) is 4.26. The molecule has 0 aliphatic carbocycles. The second kappa shape index (κ2) is 5.56. The van der Waals surface area contributed by atoms with Crippen molar-refractivity contribution in [2.24, 2.45) is 10.7 Å². The molecular weight excluding hydrogens is 355 g/mol. The summed E-state index contributed by atoms with van der Waals surface area (Å²) in [5.74, 6) is -0.230. The minimum Gasteiger partial charge on any atom is -0.381 e. The minimum atomic E-state index is -0.624. The molecule has 3 nitrogen and oxygen atoms in total. The van der Waals surface area contributed by atoms with Crippen LogP contribution < -0.4 is 5.73 Å². The van der Waals surface area contributed by atoms with Crippen molar-refractivity contribution in [2.75, 3.05) is 13.2 Å². The zero-order valence-corrected chi connectivity index (χ0v) is 14.3. The number of rotatable bonds is 1. The van der Waals surface area contributed by atoms with Crippen molar-refractivity contribution >= 4 is 32.9 Å². The number of aliphatic imine (C=N–C) groups is 1. The van der Waals surface area contributed by atoms with E-state index < -0.39 is 5.54 Å². The van der Waals surface area contributed by atoms with E-state index in [0.717, 1.165) is 36.9 Å². The van der Waals surface area contributed by atoms with Gasteiger partial charge in [-0.25, -0.2) is 4.39 Å². The van der Waals surface area contributed by atoms with Crippen molar-refractivity contribution in [3.63, 3.8) is 0 Å². The van der Waals surface area contributed by atoms with Gasteiger partial charge in [0.25, 0.3) is 0 Å². The van der Waals surface area contributed by atoms with Gasteiger partial charge in [-0.3, -0.25) is 4.99 Å². The Kier molecular flexibility index (Phi) is 4.05. The lowest BCUT2D eigenvalue weighted by Gasteiger charge is -2.45. The quantitative estimate of drug-likeness (QED) is 0.815. The first kappa shape index (κ1) is 15.3. The lowest BCUT2D eigenvalue weighted by molar-refractivity contribution is 0.0690. The summed E-state index contributed by atoms with van der Waals surface area (Å²) in [5.41, 5.74) is 6.06.